The first-order valence-corrected chi connectivity index (χ1v) is 10.0. The SMILES string of the molecule is CCc1ccccc1Nc1nc(Nc2ccc(OCC(C)C)cc2)ncc1C(F)(F)F. The fraction of sp³-hybridized carbons (Fsp3) is 0.304. The van der Waals surface area contributed by atoms with Crippen LogP contribution in [-0.4, -0.2) is 16.6 Å². The van der Waals surface area contributed by atoms with Gasteiger partial charge in [-0.2, -0.15) is 18.2 Å². The van der Waals surface area contributed by atoms with Crippen LogP contribution in [0.3, 0.4) is 0 Å². The van der Waals surface area contributed by atoms with Crippen molar-refractivity contribution in [3.8, 4) is 5.75 Å². The molecular formula is C23H25F3N4O. The van der Waals surface area contributed by atoms with Crippen LogP contribution in [0.2, 0.25) is 0 Å². The number of hydrogen-bond donors (Lipinski definition) is 2. The average Bonchev–Trinajstić information content (AvgIpc) is 2.73. The minimum Gasteiger partial charge on any atom is -0.493 e. The summed E-state index contributed by atoms with van der Waals surface area (Å²) < 4.78 is 46.2. The van der Waals surface area contributed by atoms with Crippen LogP contribution in [-0.2, 0) is 12.6 Å². The summed E-state index contributed by atoms with van der Waals surface area (Å²) in [5.74, 6) is 0.872. The maximum atomic E-state index is 13.5. The number of alkyl halides is 3. The lowest BCUT2D eigenvalue weighted by Crippen LogP contribution is -2.13. The topological polar surface area (TPSA) is 59.1 Å². The Balaban J connectivity index is 1.84. The number of rotatable bonds is 8. The second-order valence-electron chi connectivity index (χ2n) is 7.44. The van der Waals surface area contributed by atoms with Gasteiger partial charge in [0.1, 0.15) is 17.1 Å². The molecule has 0 unspecified atom stereocenters. The molecule has 5 nitrogen and oxygen atoms in total. The van der Waals surface area contributed by atoms with E-state index in [1.807, 2.05) is 19.1 Å². The summed E-state index contributed by atoms with van der Waals surface area (Å²) in [7, 11) is 0. The van der Waals surface area contributed by atoms with Crippen molar-refractivity contribution in [2.45, 2.75) is 33.4 Å². The van der Waals surface area contributed by atoms with E-state index >= 15 is 0 Å². The Morgan fingerprint density at radius 3 is 2.35 bits per heavy atom. The Bertz CT molecular complexity index is 1000. The van der Waals surface area contributed by atoms with Gasteiger partial charge >= 0.3 is 6.18 Å². The predicted molar refractivity (Wildman–Crippen MR) is 116 cm³/mol. The number of anilines is 4. The molecule has 0 aliphatic heterocycles. The van der Waals surface area contributed by atoms with E-state index in [0.717, 1.165) is 11.8 Å². The number of nitrogens with one attached hydrogen (secondary N) is 2. The number of para-hydroxylation sites is 1. The van der Waals surface area contributed by atoms with Crippen LogP contribution in [0.15, 0.2) is 54.7 Å². The molecular weight excluding hydrogens is 405 g/mol. The third-order valence-electron chi connectivity index (χ3n) is 4.44. The molecule has 0 atom stereocenters. The number of aryl methyl sites for hydroxylation is 1. The molecule has 2 aromatic carbocycles. The van der Waals surface area contributed by atoms with E-state index in [2.05, 4.69) is 34.4 Å². The van der Waals surface area contributed by atoms with E-state index in [1.54, 1.807) is 36.4 Å². The smallest absolute Gasteiger partial charge is 0.421 e. The minimum atomic E-state index is -4.59. The summed E-state index contributed by atoms with van der Waals surface area (Å²) in [6.45, 7) is 6.65. The molecule has 1 heterocycles. The summed E-state index contributed by atoms with van der Waals surface area (Å²) in [6, 6.07) is 14.3. The number of nitrogens with zero attached hydrogens (tertiary/aromatic N) is 2. The Morgan fingerprint density at radius 2 is 1.71 bits per heavy atom. The van der Waals surface area contributed by atoms with Crippen LogP contribution in [0.25, 0.3) is 0 Å². The molecule has 164 valence electrons. The monoisotopic (exact) mass is 430 g/mol. The summed E-state index contributed by atoms with van der Waals surface area (Å²) in [5, 5.41) is 5.77. The van der Waals surface area contributed by atoms with Gasteiger partial charge in [-0.15, -0.1) is 0 Å². The zero-order chi connectivity index (χ0) is 22.4. The van der Waals surface area contributed by atoms with E-state index in [-0.39, 0.29) is 11.8 Å². The molecule has 1 aromatic heterocycles. The van der Waals surface area contributed by atoms with Crippen LogP contribution in [0.5, 0.6) is 5.75 Å². The maximum absolute atomic E-state index is 13.5. The fourth-order valence-corrected chi connectivity index (χ4v) is 2.85. The molecule has 3 aromatic rings. The van der Waals surface area contributed by atoms with Crippen molar-refractivity contribution in [1.82, 2.24) is 9.97 Å². The molecule has 2 N–H and O–H groups in total. The number of benzene rings is 2. The molecule has 0 bridgehead atoms. The highest BCUT2D eigenvalue weighted by molar-refractivity contribution is 5.65. The van der Waals surface area contributed by atoms with Gasteiger partial charge in [0.2, 0.25) is 5.95 Å². The van der Waals surface area contributed by atoms with Crippen molar-refractivity contribution >= 4 is 23.1 Å². The molecule has 0 radical (unpaired) electrons. The number of hydrogen-bond acceptors (Lipinski definition) is 5. The summed E-state index contributed by atoms with van der Waals surface area (Å²) in [5.41, 5.74) is 1.17. The molecule has 0 aliphatic carbocycles. The van der Waals surface area contributed by atoms with Crippen molar-refractivity contribution in [2.75, 3.05) is 17.2 Å². The summed E-state index contributed by atoms with van der Waals surface area (Å²) in [6.07, 6.45) is -3.13. The number of ether oxygens (including phenoxy) is 1. The predicted octanol–water partition coefficient (Wildman–Crippen LogP) is 6.58. The average molecular weight is 430 g/mol. The van der Waals surface area contributed by atoms with Crippen molar-refractivity contribution in [1.29, 1.82) is 0 Å². The van der Waals surface area contributed by atoms with E-state index in [0.29, 0.717) is 36.1 Å². The van der Waals surface area contributed by atoms with E-state index in [1.165, 1.54) is 0 Å². The third kappa shape index (κ3) is 6.10. The molecule has 0 spiro atoms. The quantitative estimate of drug-likeness (QED) is 0.423. The first-order chi connectivity index (χ1) is 14.8. The normalized spacial score (nSPS) is 11.5. The van der Waals surface area contributed by atoms with Crippen molar-refractivity contribution in [3.05, 3.63) is 65.9 Å². The number of halogens is 3. The second-order valence-corrected chi connectivity index (χ2v) is 7.44. The molecule has 0 amide bonds. The van der Waals surface area contributed by atoms with Gasteiger partial charge in [0.15, 0.2) is 0 Å². The maximum Gasteiger partial charge on any atom is 0.421 e. The van der Waals surface area contributed by atoms with Gasteiger partial charge in [0.25, 0.3) is 0 Å². The fourth-order valence-electron chi connectivity index (χ4n) is 2.85. The van der Waals surface area contributed by atoms with Gasteiger partial charge < -0.3 is 15.4 Å². The van der Waals surface area contributed by atoms with E-state index < -0.39 is 11.7 Å². The van der Waals surface area contributed by atoms with Crippen molar-refractivity contribution < 1.29 is 17.9 Å². The highest BCUT2D eigenvalue weighted by atomic mass is 19.4. The van der Waals surface area contributed by atoms with Crippen molar-refractivity contribution in [3.63, 3.8) is 0 Å². The van der Waals surface area contributed by atoms with Gasteiger partial charge in [-0.3, -0.25) is 0 Å². The lowest BCUT2D eigenvalue weighted by atomic mass is 10.1. The summed E-state index contributed by atoms with van der Waals surface area (Å²) in [4.78, 5) is 7.96. The Labute approximate surface area is 179 Å². The van der Waals surface area contributed by atoms with Crippen LogP contribution < -0.4 is 15.4 Å². The highest BCUT2D eigenvalue weighted by Gasteiger charge is 2.35. The molecule has 31 heavy (non-hydrogen) atoms. The zero-order valence-corrected chi connectivity index (χ0v) is 17.6. The number of aromatic nitrogens is 2. The minimum absolute atomic E-state index is 0.0559. The summed E-state index contributed by atoms with van der Waals surface area (Å²) >= 11 is 0. The largest absolute Gasteiger partial charge is 0.493 e. The molecule has 3 rings (SSSR count). The molecule has 0 fully saturated rings. The Kier molecular flexibility index (Phi) is 6.99. The highest BCUT2D eigenvalue weighted by Crippen LogP contribution is 2.36. The molecule has 0 aliphatic rings. The molecule has 0 saturated carbocycles. The van der Waals surface area contributed by atoms with E-state index in [9.17, 15) is 13.2 Å². The van der Waals surface area contributed by atoms with Gasteiger partial charge in [-0.05, 0) is 48.2 Å². The molecule has 8 heteroatoms. The van der Waals surface area contributed by atoms with Gasteiger partial charge in [-0.1, -0.05) is 39.0 Å². The lowest BCUT2D eigenvalue weighted by Gasteiger charge is -2.16. The van der Waals surface area contributed by atoms with Crippen LogP contribution in [0, 0.1) is 5.92 Å². The van der Waals surface area contributed by atoms with Crippen LogP contribution in [0.4, 0.5) is 36.3 Å². The third-order valence-corrected chi connectivity index (χ3v) is 4.44. The Morgan fingerprint density at radius 1 is 1.00 bits per heavy atom. The second kappa shape index (κ2) is 9.68. The first-order valence-electron chi connectivity index (χ1n) is 10.0. The zero-order valence-electron chi connectivity index (χ0n) is 17.6. The van der Waals surface area contributed by atoms with Crippen molar-refractivity contribution in [2.24, 2.45) is 5.92 Å². The molecule has 0 saturated heterocycles. The first kappa shape index (κ1) is 22.4. The standard InChI is InChI=1S/C23H25F3N4O/c1-4-16-7-5-6-8-20(16)29-21-19(23(24,25)26)13-27-22(30-21)28-17-9-11-18(12-10-17)31-14-15(2)3/h5-13,15H,4,14H2,1-3H3,(H2,27,28,29,30). The lowest BCUT2D eigenvalue weighted by molar-refractivity contribution is -0.137. The van der Waals surface area contributed by atoms with E-state index in [4.69, 9.17) is 4.74 Å². The van der Waals surface area contributed by atoms with Gasteiger partial charge in [-0.25, -0.2) is 4.98 Å². The van der Waals surface area contributed by atoms with Crippen LogP contribution in [0.1, 0.15) is 31.9 Å². The van der Waals surface area contributed by atoms with Gasteiger partial charge in [0.05, 0.1) is 6.61 Å². The van der Waals surface area contributed by atoms with Gasteiger partial charge in [0, 0.05) is 17.6 Å². The Hall–Kier alpha value is -3.29. The van der Waals surface area contributed by atoms with Crippen LogP contribution >= 0.6 is 0 Å².